The van der Waals surface area contributed by atoms with Crippen LogP contribution >= 0.6 is 0 Å². The Hall–Kier alpha value is -1.42. The minimum absolute atomic E-state index is 0.111. The van der Waals surface area contributed by atoms with Crippen LogP contribution in [0.2, 0.25) is 0 Å². The van der Waals surface area contributed by atoms with Gasteiger partial charge in [0.2, 0.25) is 0 Å². The topological polar surface area (TPSA) is 87.1 Å². The van der Waals surface area contributed by atoms with Crippen LogP contribution in [0.25, 0.3) is 10.4 Å². The molecule has 0 aliphatic heterocycles. The second-order valence-electron chi connectivity index (χ2n) is 7.30. The Kier molecular flexibility index (Phi) is 3.87. The fourth-order valence-corrected chi connectivity index (χ4v) is 3.39. The zero-order valence-electron chi connectivity index (χ0n) is 12.6. The number of nitrogens with zero attached hydrogens (tertiary/aromatic N) is 3. The highest BCUT2D eigenvalue weighted by Gasteiger charge is 2.49. The molecular formula is C14H24N4O2. The summed E-state index contributed by atoms with van der Waals surface area (Å²) in [5, 5.41) is 6.85. The minimum Gasteiger partial charge on any atom is -0.444 e. The average Bonchev–Trinajstić information content (AvgIpc) is 2.36. The molecule has 0 atom stereocenters. The maximum atomic E-state index is 12.0. The second-order valence-corrected chi connectivity index (χ2v) is 7.30. The van der Waals surface area contributed by atoms with Gasteiger partial charge in [-0.3, -0.25) is 0 Å². The van der Waals surface area contributed by atoms with Gasteiger partial charge in [-0.05, 0) is 70.2 Å². The van der Waals surface area contributed by atoms with Crippen LogP contribution in [0.4, 0.5) is 4.79 Å². The van der Waals surface area contributed by atoms with Crippen molar-refractivity contribution >= 4 is 6.09 Å². The Morgan fingerprint density at radius 2 is 1.80 bits per heavy atom. The monoisotopic (exact) mass is 280 g/mol. The van der Waals surface area contributed by atoms with Crippen LogP contribution in [-0.2, 0) is 4.74 Å². The van der Waals surface area contributed by atoms with Gasteiger partial charge in [0.05, 0.1) is 0 Å². The van der Waals surface area contributed by atoms with E-state index in [1.807, 2.05) is 20.8 Å². The maximum Gasteiger partial charge on any atom is 0.408 e. The van der Waals surface area contributed by atoms with Crippen molar-refractivity contribution in [1.82, 2.24) is 5.32 Å². The quantitative estimate of drug-likeness (QED) is 0.482. The normalized spacial score (nSPS) is 32.4. The van der Waals surface area contributed by atoms with Crippen molar-refractivity contribution in [2.24, 2.45) is 10.5 Å². The molecule has 0 unspecified atom stereocenters. The van der Waals surface area contributed by atoms with Crippen LogP contribution < -0.4 is 5.32 Å². The molecule has 1 amide bonds. The van der Waals surface area contributed by atoms with Gasteiger partial charge in [0.25, 0.3) is 0 Å². The summed E-state index contributed by atoms with van der Waals surface area (Å²) in [5.41, 5.74) is 8.08. The van der Waals surface area contributed by atoms with Gasteiger partial charge in [0.1, 0.15) is 5.60 Å². The number of azide groups is 1. The summed E-state index contributed by atoms with van der Waals surface area (Å²) in [7, 11) is 0. The molecule has 20 heavy (non-hydrogen) atoms. The number of carbonyl (C=O) groups is 1. The zero-order chi connectivity index (χ0) is 14.9. The molecular weight excluding hydrogens is 256 g/mol. The van der Waals surface area contributed by atoms with Crippen LogP contribution in [-0.4, -0.2) is 23.8 Å². The molecule has 6 nitrogen and oxygen atoms in total. The molecule has 2 bridgehead atoms. The molecule has 0 aromatic carbocycles. The number of carbonyl (C=O) groups excluding carboxylic acids is 1. The second kappa shape index (κ2) is 5.17. The van der Waals surface area contributed by atoms with Crippen LogP contribution in [0.3, 0.4) is 0 Å². The number of nitrogens with one attached hydrogen (secondary N) is 1. The van der Waals surface area contributed by atoms with Crippen molar-refractivity contribution in [3.8, 4) is 0 Å². The van der Waals surface area contributed by atoms with Crippen molar-refractivity contribution in [3.05, 3.63) is 10.4 Å². The zero-order valence-corrected chi connectivity index (χ0v) is 12.6. The summed E-state index contributed by atoms with van der Waals surface area (Å²) in [6, 6.07) is 0. The molecule has 0 spiro atoms. The first-order valence-corrected chi connectivity index (χ1v) is 7.30. The lowest BCUT2D eigenvalue weighted by Gasteiger charge is -2.53. The molecule has 112 valence electrons. The standard InChI is InChI=1S/C14H24N4O2/c1-12(2,3)20-11(19)17-14-7-4-13(5-8-14,6-9-14)10-16-18-15/h4-10H2,1-3H3,(H,17,19). The Morgan fingerprint density at radius 1 is 1.25 bits per heavy atom. The van der Waals surface area contributed by atoms with Crippen molar-refractivity contribution < 1.29 is 9.53 Å². The first kappa shape index (κ1) is 15.0. The van der Waals surface area contributed by atoms with Gasteiger partial charge in [-0.2, -0.15) is 0 Å². The molecule has 0 radical (unpaired) electrons. The predicted octanol–water partition coefficient (Wildman–Crippen LogP) is 3.91. The van der Waals surface area contributed by atoms with E-state index >= 15 is 0 Å². The summed E-state index contributed by atoms with van der Waals surface area (Å²) in [4.78, 5) is 14.8. The number of hydrogen-bond donors (Lipinski definition) is 1. The molecule has 0 heterocycles. The van der Waals surface area contributed by atoms with Gasteiger partial charge in [0, 0.05) is 17.0 Å². The highest BCUT2D eigenvalue weighted by atomic mass is 16.6. The fourth-order valence-electron chi connectivity index (χ4n) is 3.39. The number of amides is 1. The van der Waals surface area contributed by atoms with E-state index < -0.39 is 5.60 Å². The third-order valence-corrected chi connectivity index (χ3v) is 4.64. The van der Waals surface area contributed by atoms with E-state index in [0.717, 1.165) is 38.5 Å². The van der Waals surface area contributed by atoms with Crippen molar-refractivity contribution in [2.45, 2.75) is 70.4 Å². The minimum atomic E-state index is -0.463. The molecule has 3 rings (SSSR count). The Bertz CT molecular complexity index is 410. The maximum absolute atomic E-state index is 12.0. The summed E-state index contributed by atoms with van der Waals surface area (Å²) in [5.74, 6) is 0. The van der Waals surface area contributed by atoms with Gasteiger partial charge in [-0.25, -0.2) is 4.79 Å². The van der Waals surface area contributed by atoms with Gasteiger partial charge in [-0.1, -0.05) is 5.11 Å². The van der Waals surface area contributed by atoms with Gasteiger partial charge in [-0.15, -0.1) is 0 Å². The third kappa shape index (κ3) is 3.37. The molecule has 3 fully saturated rings. The average molecular weight is 280 g/mol. The molecule has 1 N–H and O–H groups in total. The summed E-state index contributed by atoms with van der Waals surface area (Å²) < 4.78 is 5.36. The van der Waals surface area contributed by atoms with Crippen molar-refractivity contribution in [3.63, 3.8) is 0 Å². The van der Waals surface area contributed by atoms with Crippen molar-refractivity contribution in [2.75, 3.05) is 6.54 Å². The highest BCUT2D eigenvalue weighted by Crippen LogP contribution is 2.52. The summed E-state index contributed by atoms with van der Waals surface area (Å²) in [6.07, 6.45) is 5.58. The number of fused-ring (bicyclic) bond motifs is 3. The van der Waals surface area contributed by atoms with Crippen LogP contribution in [0.1, 0.15) is 59.3 Å². The van der Waals surface area contributed by atoms with Crippen molar-refractivity contribution in [1.29, 1.82) is 0 Å². The number of ether oxygens (including phenoxy) is 1. The molecule has 3 aliphatic carbocycles. The first-order chi connectivity index (χ1) is 9.28. The van der Waals surface area contributed by atoms with E-state index in [9.17, 15) is 4.79 Å². The Morgan fingerprint density at radius 3 is 2.25 bits per heavy atom. The number of hydrogen-bond acceptors (Lipinski definition) is 3. The predicted molar refractivity (Wildman–Crippen MR) is 76.2 cm³/mol. The summed E-state index contributed by atoms with van der Waals surface area (Å²) >= 11 is 0. The molecule has 3 aliphatic rings. The van der Waals surface area contributed by atoms with E-state index in [1.54, 1.807) is 0 Å². The lowest BCUT2D eigenvalue weighted by molar-refractivity contribution is 0.00808. The van der Waals surface area contributed by atoms with E-state index in [0.29, 0.717) is 6.54 Å². The van der Waals surface area contributed by atoms with Gasteiger partial charge < -0.3 is 10.1 Å². The lowest BCUT2D eigenvalue weighted by atomic mass is 9.57. The largest absolute Gasteiger partial charge is 0.444 e. The van der Waals surface area contributed by atoms with E-state index in [2.05, 4.69) is 15.3 Å². The van der Waals surface area contributed by atoms with E-state index in [4.69, 9.17) is 10.3 Å². The fraction of sp³-hybridized carbons (Fsp3) is 0.929. The molecule has 6 heteroatoms. The summed E-state index contributed by atoms with van der Waals surface area (Å²) in [6.45, 7) is 6.21. The molecule has 0 aromatic rings. The highest BCUT2D eigenvalue weighted by molar-refractivity contribution is 5.68. The third-order valence-electron chi connectivity index (χ3n) is 4.64. The van der Waals surface area contributed by atoms with E-state index in [1.165, 1.54) is 0 Å². The van der Waals surface area contributed by atoms with Crippen LogP contribution in [0.15, 0.2) is 5.11 Å². The van der Waals surface area contributed by atoms with Crippen LogP contribution in [0.5, 0.6) is 0 Å². The van der Waals surface area contributed by atoms with E-state index in [-0.39, 0.29) is 17.0 Å². The van der Waals surface area contributed by atoms with Gasteiger partial charge >= 0.3 is 6.09 Å². The molecule has 0 saturated heterocycles. The molecule has 3 saturated carbocycles. The first-order valence-electron chi connectivity index (χ1n) is 7.30. The smallest absolute Gasteiger partial charge is 0.408 e. The lowest BCUT2D eigenvalue weighted by Crippen LogP contribution is -2.57. The number of rotatable bonds is 3. The Balaban J connectivity index is 1.93. The van der Waals surface area contributed by atoms with Gasteiger partial charge in [0.15, 0.2) is 0 Å². The Labute approximate surface area is 119 Å². The van der Waals surface area contributed by atoms with Crippen LogP contribution in [0, 0.1) is 5.41 Å². The molecule has 0 aromatic heterocycles. The number of alkyl carbamates (subject to hydrolysis) is 1. The SMILES string of the molecule is CC(C)(C)OC(=O)NC12CCC(CN=[N+]=[N-])(CC1)CC2.